The highest BCUT2D eigenvalue weighted by Crippen LogP contribution is 2.38. The van der Waals surface area contributed by atoms with E-state index in [0.29, 0.717) is 19.3 Å². The summed E-state index contributed by atoms with van der Waals surface area (Å²) in [5.74, 6) is -5.34. The van der Waals surface area contributed by atoms with Gasteiger partial charge in [-0.2, -0.15) is 22.0 Å². The largest absolute Gasteiger partial charge is 0.453 e. The molecule has 0 fully saturated rings. The molecule has 0 heterocycles. The van der Waals surface area contributed by atoms with Gasteiger partial charge in [-0.1, -0.05) is 26.8 Å². The maximum Gasteiger partial charge on any atom is 0.453 e. The van der Waals surface area contributed by atoms with Crippen LogP contribution in [0.1, 0.15) is 39.5 Å². The Hall–Kier alpha value is -1.14. The number of rotatable bonds is 8. The molecule has 0 radical (unpaired) electrons. The maximum atomic E-state index is 12.9. The smallest absolute Gasteiger partial charge is 0.339 e. The summed E-state index contributed by atoms with van der Waals surface area (Å²) in [5.41, 5.74) is 0.205. The van der Waals surface area contributed by atoms with E-state index >= 15 is 0 Å². The predicted molar refractivity (Wildman–Crippen MR) is 66.5 cm³/mol. The summed E-state index contributed by atoms with van der Waals surface area (Å²) >= 11 is 0. The second-order valence-electron chi connectivity index (χ2n) is 4.56. The number of hydrogen-bond acceptors (Lipinski definition) is 1. The van der Waals surface area contributed by atoms with Gasteiger partial charge in [0.2, 0.25) is 5.91 Å². The van der Waals surface area contributed by atoms with Crippen molar-refractivity contribution in [2.75, 3.05) is 13.1 Å². The Labute approximate surface area is 115 Å². The second-order valence-corrected chi connectivity index (χ2v) is 4.56. The van der Waals surface area contributed by atoms with E-state index in [0.717, 1.165) is 4.90 Å². The molecule has 0 saturated carbocycles. The lowest BCUT2D eigenvalue weighted by atomic mass is 10.1. The average molecular weight is 301 g/mol. The van der Waals surface area contributed by atoms with Crippen LogP contribution in [0.5, 0.6) is 0 Å². The second kappa shape index (κ2) is 7.59. The summed E-state index contributed by atoms with van der Waals surface area (Å²) in [5, 5.41) is 0. The number of carbonyl (C=O) groups excluding carboxylic acids is 1. The van der Waals surface area contributed by atoms with Crippen LogP contribution >= 0.6 is 0 Å². The fraction of sp³-hybridized carbons (Fsp3) is 0.769. The van der Waals surface area contributed by atoms with Gasteiger partial charge in [-0.15, -0.1) is 0 Å². The molecule has 0 N–H and O–H groups in total. The van der Waals surface area contributed by atoms with Crippen molar-refractivity contribution in [3.63, 3.8) is 0 Å². The summed E-state index contributed by atoms with van der Waals surface area (Å²) < 4.78 is 62.0. The molecule has 0 aliphatic carbocycles. The van der Waals surface area contributed by atoms with Gasteiger partial charge in [0.1, 0.15) is 0 Å². The quantitative estimate of drug-likeness (QED) is 0.487. The van der Waals surface area contributed by atoms with Crippen molar-refractivity contribution >= 4 is 5.91 Å². The zero-order valence-electron chi connectivity index (χ0n) is 11.7. The molecule has 0 saturated heterocycles. The molecule has 0 aliphatic heterocycles. The first-order valence-corrected chi connectivity index (χ1v) is 6.48. The Morgan fingerprint density at radius 3 is 2.05 bits per heavy atom. The van der Waals surface area contributed by atoms with Crippen LogP contribution < -0.4 is 0 Å². The lowest BCUT2D eigenvalue weighted by molar-refractivity contribution is -0.284. The lowest BCUT2D eigenvalue weighted by Gasteiger charge is -2.26. The van der Waals surface area contributed by atoms with Crippen molar-refractivity contribution in [1.29, 1.82) is 0 Å². The molecule has 0 aromatic carbocycles. The minimum absolute atomic E-state index is 0.155. The zero-order chi connectivity index (χ0) is 16.0. The molecule has 1 amide bonds. The van der Waals surface area contributed by atoms with Crippen molar-refractivity contribution in [3.8, 4) is 0 Å². The topological polar surface area (TPSA) is 20.3 Å². The number of unbranched alkanes of at least 4 members (excludes halogenated alkanes) is 1. The van der Waals surface area contributed by atoms with E-state index in [1.807, 2.05) is 6.92 Å². The number of alkyl halides is 5. The summed E-state index contributed by atoms with van der Waals surface area (Å²) in [6.45, 7) is 6.52. The highest BCUT2D eigenvalue weighted by Gasteiger charge is 2.56. The van der Waals surface area contributed by atoms with E-state index in [9.17, 15) is 26.7 Å². The van der Waals surface area contributed by atoms with E-state index in [1.54, 1.807) is 6.92 Å². The molecule has 118 valence electrons. The molecule has 0 spiro atoms. The Bertz CT molecular complexity index is 338. The standard InChI is InChI=1S/C13H20F5NO/c1-4-6-8-19(11(20)10(3)5-2)9-7-12(14,15)13(16,17)18/h3-9H2,1-2H3. The number of amides is 1. The highest BCUT2D eigenvalue weighted by atomic mass is 19.4. The first kappa shape index (κ1) is 18.9. The van der Waals surface area contributed by atoms with E-state index < -0.39 is 31.0 Å². The van der Waals surface area contributed by atoms with Gasteiger partial charge >= 0.3 is 12.1 Å². The third-order valence-corrected chi connectivity index (χ3v) is 2.91. The van der Waals surface area contributed by atoms with E-state index in [-0.39, 0.29) is 12.1 Å². The molecule has 0 aliphatic rings. The summed E-state index contributed by atoms with van der Waals surface area (Å²) in [6.07, 6.45) is -5.44. The molecule has 0 unspecified atom stereocenters. The van der Waals surface area contributed by atoms with E-state index in [1.165, 1.54) is 0 Å². The Balaban J connectivity index is 4.75. The first-order valence-electron chi connectivity index (χ1n) is 6.48. The van der Waals surface area contributed by atoms with Gasteiger partial charge < -0.3 is 4.90 Å². The number of halogens is 5. The molecule has 0 atom stereocenters. The SMILES string of the molecule is C=C(CC)C(=O)N(CCCC)CCC(F)(F)C(F)(F)F. The van der Waals surface area contributed by atoms with Gasteiger partial charge in [0.15, 0.2) is 0 Å². The molecule has 0 rings (SSSR count). The van der Waals surface area contributed by atoms with Crippen LogP contribution in [0.3, 0.4) is 0 Å². The monoisotopic (exact) mass is 301 g/mol. The molecule has 20 heavy (non-hydrogen) atoms. The van der Waals surface area contributed by atoms with Crippen LogP contribution in [0.4, 0.5) is 22.0 Å². The van der Waals surface area contributed by atoms with Crippen molar-refractivity contribution in [1.82, 2.24) is 4.90 Å². The van der Waals surface area contributed by atoms with Crippen molar-refractivity contribution in [2.45, 2.75) is 51.6 Å². The van der Waals surface area contributed by atoms with Gasteiger partial charge in [-0.25, -0.2) is 0 Å². The van der Waals surface area contributed by atoms with Crippen LogP contribution in [-0.4, -0.2) is 36.0 Å². The van der Waals surface area contributed by atoms with Gasteiger partial charge in [-0.05, 0) is 12.8 Å². The summed E-state index contributed by atoms with van der Waals surface area (Å²) in [6, 6.07) is 0. The number of nitrogens with zero attached hydrogens (tertiary/aromatic N) is 1. The van der Waals surface area contributed by atoms with Crippen molar-refractivity contribution in [3.05, 3.63) is 12.2 Å². The third-order valence-electron chi connectivity index (χ3n) is 2.91. The van der Waals surface area contributed by atoms with Crippen LogP contribution in [-0.2, 0) is 4.79 Å². The normalized spacial score (nSPS) is 12.3. The molecule has 7 heteroatoms. The first-order chi connectivity index (χ1) is 9.06. The lowest BCUT2D eigenvalue weighted by Crippen LogP contribution is -2.42. The van der Waals surface area contributed by atoms with E-state index in [4.69, 9.17) is 0 Å². The molecular formula is C13H20F5NO. The van der Waals surface area contributed by atoms with Crippen LogP contribution in [0.15, 0.2) is 12.2 Å². The van der Waals surface area contributed by atoms with Gasteiger partial charge in [-0.3, -0.25) is 4.79 Å². The minimum atomic E-state index is -5.59. The van der Waals surface area contributed by atoms with Gasteiger partial charge in [0.25, 0.3) is 0 Å². The zero-order valence-corrected chi connectivity index (χ0v) is 11.7. The molecule has 0 aromatic heterocycles. The van der Waals surface area contributed by atoms with Crippen LogP contribution in [0, 0.1) is 0 Å². The Morgan fingerprint density at radius 2 is 1.65 bits per heavy atom. The van der Waals surface area contributed by atoms with Crippen molar-refractivity contribution in [2.24, 2.45) is 0 Å². The van der Waals surface area contributed by atoms with Crippen LogP contribution in [0.25, 0.3) is 0 Å². The fourth-order valence-electron chi connectivity index (χ4n) is 1.46. The third kappa shape index (κ3) is 5.46. The molecule has 2 nitrogen and oxygen atoms in total. The Morgan fingerprint density at radius 1 is 1.10 bits per heavy atom. The predicted octanol–water partition coefficient (Wildman–Crippen LogP) is 4.17. The average Bonchev–Trinajstić information content (AvgIpc) is 2.35. The molecule has 0 bridgehead atoms. The van der Waals surface area contributed by atoms with Crippen molar-refractivity contribution < 1.29 is 26.7 Å². The number of carbonyl (C=O) groups is 1. The van der Waals surface area contributed by atoms with Crippen LogP contribution in [0.2, 0.25) is 0 Å². The highest BCUT2D eigenvalue weighted by molar-refractivity contribution is 5.92. The van der Waals surface area contributed by atoms with E-state index in [2.05, 4.69) is 6.58 Å². The molecular weight excluding hydrogens is 281 g/mol. The summed E-state index contributed by atoms with van der Waals surface area (Å²) in [4.78, 5) is 12.9. The minimum Gasteiger partial charge on any atom is -0.339 e. The fourth-order valence-corrected chi connectivity index (χ4v) is 1.46. The Kier molecular flexibility index (Phi) is 7.16. The number of hydrogen-bond donors (Lipinski definition) is 0. The van der Waals surface area contributed by atoms with Gasteiger partial charge in [0.05, 0.1) is 0 Å². The summed E-state index contributed by atoms with van der Waals surface area (Å²) in [7, 11) is 0. The molecule has 0 aromatic rings. The van der Waals surface area contributed by atoms with Gasteiger partial charge in [0, 0.05) is 25.1 Å². The maximum absolute atomic E-state index is 12.9.